The molecule has 0 atom stereocenters. The fraction of sp³-hybridized carbons (Fsp3) is 0.0667. The first kappa shape index (κ1) is 15.9. The molecule has 0 fully saturated rings. The minimum absolute atomic E-state index is 0.286. The Kier molecular flexibility index (Phi) is 4.56. The molecule has 2 heterocycles. The lowest BCUT2D eigenvalue weighted by atomic mass is 10.3. The third-order valence-electron chi connectivity index (χ3n) is 2.94. The maximum Gasteiger partial charge on any atom is 0.267 e. The number of thiazole rings is 1. The molecule has 8 heteroatoms. The van der Waals surface area contributed by atoms with E-state index in [-0.39, 0.29) is 5.91 Å². The van der Waals surface area contributed by atoms with Crippen LogP contribution in [0.3, 0.4) is 0 Å². The highest BCUT2D eigenvalue weighted by Crippen LogP contribution is 2.29. The van der Waals surface area contributed by atoms with Gasteiger partial charge in [-0.15, -0.1) is 11.3 Å². The zero-order valence-corrected chi connectivity index (χ0v) is 14.2. The fourth-order valence-corrected chi connectivity index (χ4v) is 3.25. The van der Waals surface area contributed by atoms with Crippen LogP contribution in [-0.4, -0.2) is 20.9 Å². The highest BCUT2D eigenvalue weighted by atomic mass is 35.5. The average Bonchev–Trinajstić information content (AvgIpc) is 2.93. The van der Waals surface area contributed by atoms with Gasteiger partial charge in [0.15, 0.2) is 10.8 Å². The maximum atomic E-state index is 12.4. The Bertz CT molecular complexity index is 867. The van der Waals surface area contributed by atoms with E-state index in [0.29, 0.717) is 37.1 Å². The highest BCUT2D eigenvalue weighted by Gasteiger charge is 2.18. The molecule has 3 aromatic rings. The second kappa shape index (κ2) is 6.62. The van der Waals surface area contributed by atoms with E-state index in [4.69, 9.17) is 23.2 Å². The molecule has 0 radical (unpaired) electrons. The SMILES string of the molecule is Cc1nc(-c2ncccn2)sc1C(=O)Nc1ccc(Cl)cc1Cl. The van der Waals surface area contributed by atoms with E-state index in [1.54, 1.807) is 43.6 Å². The quantitative estimate of drug-likeness (QED) is 0.744. The number of aryl methyl sites for hydroxylation is 1. The smallest absolute Gasteiger partial charge is 0.267 e. The fourth-order valence-electron chi connectivity index (χ4n) is 1.88. The van der Waals surface area contributed by atoms with Crippen molar-refractivity contribution >= 4 is 46.1 Å². The molecular weight excluding hydrogens is 355 g/mol. The monoisotopic (exact) mass is 364 g/mol. The summed E-state index contributed by atoms with van der Waals surface area (Å²) in [6.07, 6.45) is 3.26. The maximum absolute atomic E-state index is 12.4. The van der Waals surface area contributed by atoms with Crippen LogP contribution in [0.4, 0.5) is 5.69 Å². The first-order valence-electron chi connectivity index (χ1n) is 6.56. The molecule has 0 spiro atoms. The van der Waals surface area contributed by atoms with Crippen LogP contribution in [-0.2, 0) is 0 Å². The Morgan fingerprint density at radius 1 is 1.22 bits per heavy atom. The average molecular weight is 365 g/mol. The minimum atomic E-state index is -0.286. The second-order valence-corrected chi connectivity index (χ2v) is 6.43. The number of carbonyl (C=O) groups excluding carboxylic acids is 1. The second-order valence-electron chi connectivity index (χ2n) is 4.58. The molecule has 116 valence electrons. The number of benzene rings is 1. The molecule has 3 rings (SSSR count). The van der Waals surface area contributed by atoms with Gasteiger partial charge in [-0.25, -0.2) is 15.0 Å². The van der Waals surface area contributed by atoms with Gasteiger partial charge in [0.05, 0.1) is 16.4 Å². The van der Waals surface area contributed by atoms with Crippen LogP contribution in [0.25, 0.3) is 10.8 Å². The number of halogens is 2. The van der Waals surface area contributed by atoms with Gasteiger partial charge in [0, 0.05) is 17.4 Å². The van der Waals surface area contributed by atoms with Gasteiger partial charge in [-0.05, 0) is 31.2 Å². The van der Waals surface area contributed by atoms with E-state index in [1.165, 1.54) is 11.3 Å². The number of nitrogens with zero attached hydrogens (tertiary/aromatic N) is 3. The molecule has 23 heavy (non-hydrogen) atoms. The van der Waals surface area contributed by atoms with Crippen molar-refractivity contribution < 1.29 is 4.79 Å². The molecule has 1 amide bonds. The van der Waals surface area contributed by atoms with Crippen molar-refractivity contribution in [2.24, 2.45) is 0 Å². The van der Waals surface area contributed by atoms with Crippen LogP contribution in [0.15, 0.2) is 36.7 Å². The molecule has 1 N–H and O–H groups in total. The lowest BCUT2D eigenvalue weighted by Gasteiger charge is -2.06. The molecule has 0 aliphatic heterocycles. The van der Waals surface area contributed by atoms with Gasteiger partial charge in [0.25, 0.3) is 5.91 Å². The molecule has 1 aromatic carbocycles. The summed E-state index contributed by atoms with van der Waals surface area (Å²) in [5.74, 6) is 0.204. The number of rotatable bonds is 3. The largest absolute Gasteiger partial charge is 0.320 e. The Balaban J connectivity index is 1.87. The molecule has 0 aliphatic carbocycles. The molecule has 0 saturated heterocycles. The van der Waals surface area contributed by atoms with Gasteiger partial charge in [-0.1, -0.05) is 23.2 Å². The van der Waals surface area contributed by atoms with Gasteiger partial charge >= 0.3 is 0 Å². The Morgan fingerprint density at radius 2 is 1.96 bits per heavy atom. The van der Waals surface area contributed by atoms with Crippen molar-refractivity contribution in [2.75, 3.05) is 5.32 Å². The molecule has 0 bridgehead atoms. The van der Waals surface area contributed by atoms with Crippen LogP contribution >= 0.6 is 34.5 Å². The lowest BCUT2D eigenvalue weighted by molar-refractivity contribution is 0.103. The van der Waals surface area contributed by atoms with Crippen LogP contribution in [0.5, 0.6) is 0 Å². The minimum Gasteiger partial charge on any atom is -0.320 e. The number of amides is 1. The Hall–Kier alpha value is -2.02. The Morgan fingerprint density at radius 3 is 2.65 bits per heavy atom. The molecule has 0 saturated carbocycles. The molecular formula is C15H10Cl2N4OS. The van der Waals surface area contributed by atoms with Gasteiger partial charge in [-0.2, -0.15) is 0 Å². The van der Waals surface area contributed by atoms with E-state index in [0.717, 1.165) is 0 Å². The number of hydrogen-bond acceptors (Lipinski definition) is 5. The summed E-state index contributed by atoms with van der Waals surface area (Å²) in [5, 5.41) is 4.23. The zero-order chi connectivity index (χ0) is 16.4. The zero-order valence-electron chi connectivity index (χ0n) is 11.9. The van der Waals surface area contributed by atoms with E-state index in [2.05, 4.69) is 20.3 Å². The van der Waals surface area contributed by atoms with Crippen LogP contribution in [0, 0.1) is 6.92 Å². The highest BCUT2D eigenvalue weighted by molar-refractivity contribution is 7.17. The van der Waals surface area contributed by atoms with E-state index in [1.807, 2.05) is 0 Å². The predicted molar refractivity (Wildman–Crippen MR) is 92.3 cm³/mol. The van der Waals surface area contributed by atoms with Crippen LogP contribution in [0.2, 0.25) is 10.0 Å². The summed E-state index contributed by atoms with van der Waals surface area (Å²) in [4.78, 5) is 25.6. The van der Waals surface area contributed by atoms with Gasteiger partial charge in [0.1, 0.15) is 4.88 Å². The summed E-state index contributed by atoms with van der Waals surface area (Å²) in [5.41, 5.74) is 1.10. The molecule has 0 unspecified atom stereocenters. The third-order valence-corrected chi connectivity index (χ3v) is 4.64. The summed E-state index contributed by atoms with van der Waals surface area (Å²) >= 11 is 13.2. The first-order valence-corrected chi connectivity index (χ1v) is 8.13. The van der Waals surface area contributed by atoms with Gasteiger partial charge < -0.3 is 5.32 Å². The molecule has 5 nitrogen and oxygen atoms in total. The van der Waals surface area contributed by atoms with Gasteiger partial charge in [-0.3, -0.25) is 4.79 Å². The summed E-state index contributed by atoms with van der Waals surface area (Å²) in [6, 6.07) is 6.60. The molecule has 0 aliphatic rings. The van der Waals surface area contributed by atoms with Crippen molar-refractivity contribution in [1.82, 2.24) is 15.0 Å². The normalized spacial score (nSPS) is 10.6. The third kappa shape index (κ3) is 3.50. The Labute approximate surface area is 146 Å². The van der Waals surface area contributed by atoms with Crippen molar-refractivity contribution in [3.8, 4) is 10.8 Å². The van der Waals surface area contributed by atoms with Crippen molar-refractivity contribution in [1.29, 1.82) is 0 Å². The number of anilines is 1. The summed E-state index contributed by atoms with van der Waals surface area (Å²) < 4.78 is 0. The number of hydrogen-bond donors (Lipinski definition) is 1. The van der Waals surface area contributed by atoms with Crippen LogP contribution < -0.4 is 5.32 Å². The number of nitrogens with one attached hydrogen (secondary N) is 1. The van der Waals surface area contributed by atoms with Gasteiger partial charge in [0.2, 0.25) is 0 Å². The van der Waals surface area contributed by atoms with E-state index in [9.17, 15) is 4.79 Å². The number of carbonyl (C=O) groups is 1. The summed E-state index contributed by atoms with van der Waals surface area (Å²) in [7, 11) is 0. The standard InChI is InChI=1S/C15H10Cl2N4OS/c1-8-12(23-15(20-8)13-18-5-2-6-19-13)14(22)21-11-4-3-9(16)7-10(11)17/h2-7H,1H3,(H,21,22). The number of aromatic nitrogens is 3. The van der Waals surface area contributed by atoms with Crippen molar-refractivity contribution in [3.63, 3.8) is 0 Å². The van der Waals surface area contributed by atoms with E-state index < -0.39 is 0 Å². The van der Waals surface area contributed by atoms with Crippen LogP contribution in [0.1, 0.15) is 15.4 Å². The van der Waals surface area contributed by atoms with Crippen molar-refractivity contribution in [3.05, 3.63) is 57.3 Å². The predicted octanol–water partition coefficient (Wildman–Crippen LogP) is 4.47. The lowest BCUT2D eigenvalue weighted by Crippen LogP contribution is -2.11. The van der Waals surface area contributed by atoms with Crippen molar-refractivity contribution in [2.45, 2.75) is 6.92 Å². The summed E-state index contributed by atoms with van der Waals surface area (Å²) in [6.45, 7) is 1.77. The van der Waals surface area contributed by atoms with E-state index >= 15 is 0 Å². The topological polar surface area (TPSA) is 67.8 Å². The first-order chi connectivity index (χ1) is 11.0. The molecule has 2 aromatic heterocycles.